The average Bonchev–Trinajstić information content (AvgIpc) is 2.37. The van der Waals surface area contributed by atoms with Crippen LogP contribution in [0, 0.1) is 5.82 Å². The number of hydrogen-bond donors (Lipinski definition) is 1. The Labute approximate surface area is 118 Å². The van der Waals surface area contributed by atoms with Gasteiger partial charge in [0, 0.05) is 6.04 Å². The first-order valence-electron chi connectivity index (χ1n) is 6.81. The van der Waals surface area contributed by atoms with E-state index in [0.717, 1.165) is 12.0 Å². The van der Waals surface area contributed by atoms with Gasteiger partial charge in [-0.3, -0.25) is 0 Å². The monoisotopic (exact) mass is 315 g/mol. The maximum atomic E-state index is 13.2. The topological polar surface area (TPSA) is 12.0 Å². The Kier molecular flexibility index (Phi) is 7.52. The van der Waals surface area contributed by atoms with Gasteiger partial charge in [-0.05, 0) is 47.1 Å². The first-order valence-corrected chi connectivity index (χ1v) is 7.60. The van der Waals surface area contributed by atoms with Crippen LogP contribution in [-0.2, 0) is 0 Å². The third-order valence-corrected chi connectivity index (χ3v) is 3.90. The van der Waals surface area contributed by atoms with Crippen LogP contribution in [0.25, 0.3) is 0 Å². The Bertz CT molecular complexity index is 354. The summed E-state index contributed by atoms with van der Waals surface area (Å²) in [7, 11) is 1.97. The fourth-order valence-corrected chi connectivity index (χ4v) is 2.56. The van der Waals surface area contributed by atoms with E-state index in [9.17, 15) is 4.39 Å². The standard InChI is InChI=1S/C15H23BrFN/c1-3-4-5-6-7-8-15(18-2)12-9-10-14(17)13(16)11-12/h9-11,15,18H,3-8H2,1-2H3. The molecule has 102 valence electrons. The van der Waals surface area contributed by atoms with E-state index in [0.29, 0.717) is 10.5 Å². The van der Waals surface area contributed by atoms with Crippen molar-refractivity contribution in [2.45, 2.75) is 51.5 Å². The molecule has 1 N–H and O–H groups in total. The second kappa shape index (κ2) is 8.65. The maximum absolute atomic E-state index is 13.2. The van der Waals surface area contributed by atoms with Gasteiger partial charge in [-0.1, -0.05) is 45.1 Å². The van der Waals surface area contributed by atoms with Gasteiger partial charge in [-0.2, -0.15) is 0 Å². The predicted molar refractivity (Wildman–Crippen MR) is 79.3 cm³/mol. The first kappa shape index (κ1) is 15.6. The summed E-state index contributed by atoms with van der Waals surface area (Å²) in [6, 6.07) is 5.60. The summed E-state index contributed by atoms with van der Waals surface area (Å²) in [6.45, 7) is 2.23. The number of benzene rings is 1. The molecule has 0 saturated heterocycles. The molecule has 0 amide bonds. The maximum Gasteiger partial charge on any atom is 0.137 e. The quantitative estimate of drug-likeness (QED) is 0.649. The number of rotatable bonds is 8. The fraction of sp³-hybridized carbons (Fsp3) is 0.600. The lowest BCUT2D eigenvalue weighted by molar-refractivity contribution is 0.499. The Hall–Kier alpha value is -0.410. The highest BCUT2D eigenvalue weighted by molar-refractivity contribution is 9.10. The average molecular weight is 316 g/mol. The summed E-state index contributed by atoms with van der Waals surface area (Å²) in [6.07, 6.45) is 7.54. The van der Waals surface area contributed by atoms with Crippen LogP contribution in [0.1, 0.15) is 57.1 Å². The molecule has 0 radical (unpaired) electrons. The minimum atomic E-state index is -0.198. The zero-order valence-electron chi connectivity index (χ0n) is 11.3. The van der Waals surface area contributed by atoms with Gasteiger partial charge in [-0.25, -0.2) is 4.39 Å². The molecule has 1 rings (SSSR count). The van der Waals surface area contributed by atoms with Crippen LogP contribution in [0.15, 0.2) is 22.7 Å². The van der Waals surface area contributed by atoms with Gasteiger partial charge < -0.3 is 5.32 Å². The zero-order chi connectivity index (χ0) is 13.4. The lowest BCUT2D eigenvalue weighted by Gasteiger charge is -2.17. The van der Waals surface area contributed by atoms with Gasteiger partial charge in [0.15, 0.2) is 0 Å². The lowest BCUT2D eigenvalue weighted by Crippen LogP contribution is -2.16. The summed E-state index contributed by atoms with van der Waals surface area (Å²) in [4.78, 5) is 0. The van der Waals surface area contributed by atoms with Crippen molar-refractivity contribution in [1.82, 2.24) is 5.32 Å². The Morgan fingerprint density at radius 2 is 1.94 bits per heavy atom. The molecule has 0 saturated carbocycles. The van der Waals surface area contributed by atoms with E-state index >= 15 is 0 Å². The van der Waals surface area contributed by atoms with Crippen LogP contribution in [0.5, 0.6) is 0 Å². The van der Waals surface area contributed by atoms with Gasteiger partial charge in [0.05, 0.1) is 4.47 Å². The molecular weight excluding hydrogens is 293 g/mol. The predicted octanol–water partition coefficient (Wildman–Crippen LogP) is 5.21. The van der Waals surface area contributed by atoms with Crippen LogP contribution < -0.4 is 5.32 Å². The minimum Gasteiger partial charge on any atom is -0.313 e. The van der Waals surface area contributed by atoms with Gasteiger partial charge in [0.2, 0.25) is 0 Å². The SMILES string of the molecule is CCCCCCCC(NC)c1ccc(F)c(Br)c1. The van der Waals surface area contributed by atoms with Crippen LogP contribution in [0.2, 0.25) is 0 Å². The molecule has 0 fully saturated rings. The first-order chi connectivity index (χ1) is 8.69. The van der Waals surface area contributed by atoms with Crippen molar-refractivity contribution in [2.75, 3.05) is 7.05 Å². The smallest absolute Gasteiger partial charge is 0.137 e. The summed E-state index contributed by atoms with van der Waals surface area (Å²) < 4.78 is 13.7. The summed E-state index contributed by atoms with van der Waals surface area (Å²) in [5.41, 5.74) is 1.15. The highest BCUT2D eigenvalue weighted by Crippen LogP contribution is 2.24. The second-order valence-corrected chi connectivity index (χ2v) is 5.57. The van der Waals surface area contributed by atoms with Crippen LogP contribution in [0.3, 0.4) is 0 Å². The lowest BCUT2D eigenvalue weighted by atomic mass is 10.00. The van der Waals surface area contributed by atoms with E-state index in [1.54, 1.807) is 0 Å². The van der Waals surface area contributed by atoms with E-state index < -0.39 is 0 Å². The molecule has 1 unspecified atom stereocenters. The summed E-state index contributed by atoms with van der Waals surface area (Å²) >= 11 is 3.24. The molecule has 0 heterocycles. The number of nitrogens with one attached hydrogen (secondary N) is 1. The van der Waals surface area contributed by atoms with E-state index in [1.165, 1.54) is 38.2 Å². The van der Waals surface area contributed by atoms with Gasteiger partial charge in [0.25, 0.3) is 0 Å². The Morgan fingerprint density at radius 1 is 1.22 bits per heavy atom. The van der Waals surface area contributed by atoms with Gasteiger partial charge >= 0.3 is 0 Å². The highest BCUT2D eigenvalue weighted by atomic mass is 79.9. The fourth-order valence-electron chi connectivity index (χ4n) is 2.16. The summed E-state index contributed by atoms with van der Waals surface area (Å²) in [5.74, 6) is -0.198. The van der Waals surface area contributed by atoms with Crippen molar-refractivity contribution in [3.63, 3.8) is 0 Å². The molecule has 18 heavy (non-hydrogen) atoms. The molecule has 1 aromatic carbocycles. The molecule has 0 aromatic heterocycles. The zero-order valence-corrected chi connectivity index (χ0v) is 12.9. The van der Waals surface area contributed by atoms with Crippen molar-refractivity contribution >= 4 is 15.9 Å². The molecule has 0 aliphatic rings. The van der Waals surface area contributed by atoms with Crippen LogP contribution in [0.4, 0.5) is 4.39 Å². The normalized spacial score (nSPS) is 12.7. The third-order valence-electron chi connectivity index (χ3n) is 3.29. The third kappa shape index (κ3) is 5.07. The van der Waals surface area contributed by atoms with Crippen molar-refractivity contribution in [3.05, 3.63) is 34.1 Å². The molecular formula is C15H23BrFN. The van der Waals surface area contributed by atoms with Crippen molar-refractivity contribution in [3.8, 4) is 0 Å². The van der Waals surface area contributed by atoms with Crippen molar-refractivity contribution < 1.29 is 4.39 Å². The molecule has 0 bridgehead atoms. The number of halogens is 2. The second-order valence-electron chi connectivity index (χ2n) is 4.72. The Morgan fingerprint density at radius 3 is 2.56 bits per heavy atom. The van der Waals surface area contributed by atoms with E-state index in [4.69, 9.17) is 0 Å². The molecule has 1 atom stereocenters. The van der Waals surface area contributed by atoms with Crippen molar-refractivity contribution in [2.24, 2.45) is 0 Å². The highest BCUT2D eigenvalue weighted by Gasteiger charge is 2.10. The minimum absolute atomic E-state index is 0.198. The van der Waals surface area contributed by atoms with E-state index in [1.807, 2.05) is 19.2 Å². The molecule has 0 aliphatic heterocycles. The summed E-state index contributed by atoms with van der Waals surface area (Å²) in [5, 5.41) is 3.31. The van der Waals surface area contributed by atoms with Crippen LogP contribution in [-0.4, -0.2) is 7.05 Å². The molecule has 0 spiro atoms. The Balaban J connectivity index is 2.47. The molecule has 0 aliphatic carbocycles. The number of unbranched alkanes of at least 4 members (excludes halogenated alkanes) is 4. The molecule has 1 aromatic rings. The largest absolute Gasteiger partial charge is 0.313 e. The van der Waals surface area contributed by atoms with Crippen LogP contribution >= 0.6 is 15.9 Å². The number of hydrogen-bond acceptors (Lipinski definition) is 1. The van der Waals surface area contributed by atoms with E-state index in [2.05, 4.69) is 28.2 Å². The molecule has 1 nitrogen and oxygen atoms in total. The van der Waals surface area contributed by atoms with Gasteiger partial charge in [-0.15, -0.1) is 0 Å². The van der Waals surface area contributed by atoms with Crippen molar-refractivity contribution in [1.29, 1.82) is 0 Å². The van der Waals surface area contributed by atoms with Gasteiger partial charge in [0.1, 0.15) is 5.82 Å². The molecule has 3 heteroatoms. The van der Waals surface area contributed by atoms with E-state index in [-0.39, 0.29) is 5.82 Å².